The summed E-state index contributed by atoms with van der Waals surface area (Å²) >= 11 is 10.3. The molecule has 1 aliphatic rings. The van der Waals surface area contributed by atoms with Crippen molar-refractivity contribution in [1.82, 2.24) is 5.32 Å². The largest absolute Gasteiger partial charge is 0.466 e. The van der Waals surface area contributed by atoms with Crippen LogP contribution in [-0.4, -0.2) is 23.7 Å². The summed E-state index contributed by atoms with van der Waals surface area (Å²) in [4.78, 5) is 0. The Morgan fingerprint density at radius 2 is 2.67 bits per heavy atom. The Labute approximate surface area is 64.5 Å². The van der Waals surface area contributed by atoms with Gasteiger partial charge in [0.05, 0.1) is 5.88 Å². The van der Waals surface area contributed by atoms with Gasteiger partial charge in [0.25, 0.3) is 5.17 Å². The minimum absolute atomic E-state index is 0.125. The third-order valence-electron chi connectivity index (χ3n) is 1.18. The second kappa shape index (κ2) is 3.22. The molecular weight excluding hydrogens is 158 g/mol. The van der Waals surface area contributed by atoms with Gasteiger partial charge in [-0.25, -0.2) is 0 Å². The molecule has 1 heterocycles. The van der Waals surface area contributed by atoms with Crippen LogP contribution >= 0.6 is 23.8 Å². The zero-order valence-corrected chi connectivity index (χ0v) is 6.47. The van der Waals surface area contributed by atoms with E-state index in [1.54, 1.807) is 0 Å². The molecule has 0 aromatic heterocycles. The van der Waals surface area contributed by atoms with Gasteiger partial charge in [0.1, 0.15) is 6.10 Å². The maximum atomic E-state index is 5.53. The number of ether oxygens (including phenoxy) is 1. The molecular formula is C5H8ClNOS. The molecule has 1 rings (SSSR count). The van der Waals surface area contributed by atoms with Gasteiger partial charge in [0.2, 0.25) is 0 Å². The summed E-state index contributed by atoms with van der Waals surface area (Å²) < 4.78 is 5.12. The van der Waals surface area contributed by atoms with Crippen molar-refractivity contribution in [1.29, 1.82) is 0 Å². The number of halogens is 1. The Kier molecular flexibility index (Phi) is 2.54. The van der Waals surface area contributed by atoms with E-state index in [1.807, 2.05) is 0 Å². The first kappa shape index (κ1) is 7.09. The van der Waals surface area contributed by atoms with Crippen molar-refractivity contribution in [3.05, 3.63) is 0 Å². The predicted octanol–water partition coefficient (Wildman–Crippen LogP) is 0.889. The highest BCUT2D eigenvalue weighted by Gasteiger charge is 2.15. The van der Waals surface area contributed by atoms with Gasteiger partial charge in [-0.2, -0.15) is 0 Å². The molecule has 0 radical (unpaired) electrons. The number of hydrogen-bond donors (Lipinski definition) is 1. The fraction of sp³-hybridized carbons (Fsp3) is 0.800. The van der Waals surface area contributed by atoms with Crippen molar-refractivity contribution < 1.29 is 4.74 Å². The van der Waals surface area contributed by atoms with Crippen LogP contribution in [-0.2, 0) is 4.74 Å². The normalized spacial score (nSPS) is 26.8. The maximum Gasteiger partial charge on any atom is 0.256 e. The Hall–Kier alpha value is -0.0200. The average molecular weight is 166 g/mol. The topological polar surface area (TPSA) is 21.3 Å². The second-order valence-electron chi connectivity index (χ2n) is 1.90. The Morgan fingerprint density at radius 3 is 3.11 bits per heavy atom. The van der Waals surface area contributed by atoms with E-state index >= 15 is 0 Å². The first-order chi connectivity index (χ1) is 4.33. The van der Waals surface area contributed by atoms with Gasteiger partial charge in [-0.1, -0.05) is 0 Å². The molecule has 0 bridgehead atoms. The van der Waals surface area contributed by atoms with E-state index in [1.165, 1.54) is 0 Å². The number of hydrogen-bond acceptors (Lipinski definition) is 2. The molecule has 0 saturated carbocycles. The van der Waals surface area contributed by atoms with E-state index in [2.05, 4.69) is 5.32 Å². The lowest BCUT2D eigenvalue weighted by molar-refractivity contribution is 0.175. The van der Waals surface area contributed by atoms with Crippen molar-refractivity contribution in [3.8, 4) is 0 Å². The number of rotatable bonds is 1. The van der Waals surface area contributed by atoms with Crippen LogP contribution in [0, 0.1) is 0 Å². The maximum absolute atomic E-state index is 5.53. The smallest absolute Gasteiger partial charge is 0.256 e. The fourth-order valence-electron chi connectivity index (χ4n) is 0.696. The van der Waals surface area contributed by atoms with Gasteiger partial charge in [0, 0.05) is 13.0 Å². The Bertz CT molecular complexity index is 120. The monoisotopic (exact) mass is 165 g/mol. The summed E-state index contributed by atoms with van der Waals surface area (Å²) in [5.41, 5.74) is 0. The molecule has 1 N–H and O–H groups in total. The lowest BCUT2D eigenvalue weighted by Gasteiger charge is -2.22. The predicted molar refractivity (Wildman–Crippen MR) is 40.8 cm³/mol. The van der Waals surface area contributed by atoms with E-state index in [-0.39, 0.29) is 6.10 Å². The Balaban J connectivity index is 2.32. The zero-order chi connectivity index (χ0) is 6.69. The van der Waals surface area contributed by atoms with Crippen molar-refractivity contribution in [2.24, 2.45) is 0 Å². The molecule has 1 saturated heterocycles. The molecule has 1 atom stereocenters. The molecule has 52 valence electrons. The van der Waals surface area contributed by atoms with Crippen LogP contribution in [0.25, 0.3) is 0 Å². The standard InChI is InChI=1S/C5H8ClNOS/c6-3-4-1-2-7-5(9)8-4/h4H,1-3H2,(H,7,9). The van der Waals surface area contributed by atoms with E-state index in [9.17, 15) is 0 Å². The van der Waals surface area contributed by atoms with Crippen molar-refractivity contribution >= 4 is 29.0 Å². The van der Waals surface area contributed by atoms with E-state index < -0.39 is 0 Å². The lowest BCUT2D eigenvalue weighted by atomic mass is 10.2. The Morgan fingerprint density at radius 1 is 1.89 bits per heavy atom. The third-order valence-corrected chi connectivity index (χ3v) is 1.77. The quantitative estimate of drug-likeness (QED) is 0.461. The molecule has 1 fully saturated rings. The van der Waals surface area contributed by atoms with Gasteiger partial charge >= 0.3 is 0 Å². The second-order valence-corrected chi connectivity index (χ2v) is 2.58. The summed E-state index contributed by atoms with van der Waals surface area (Å²) in [5, 5.41) is 3.38. The van der Waals surface area contributed by atoms with Gasteiger partial charge in [-0.3, -0.25) is 0 Å². The van der Waals surface area contributed by atoms with Crippen molar-refractivity contribution in [2.75, 3.05) is 12.4 Å². The van der Waals surface area contributed by atoms with Crippen molar-refractivity contribution in [3.63, 3.8) is 0 Å². The van der Waals surface area contributed by atoms with Crippen LogP contribution in [0.1, 0.15) is 6.42 Å². The van der Waals surface area contributed by atoms with Crippen LogP contribution in [0.15, 0.2) is 0 Å². The van der Waals surface area contributed by atoms with Gasteiger partial charge < -0.3 is 10.1 Å². The van der Waals surface area contributed by atoms with Gasteiger partial charge in [0.15, 0.2) is 0 Å². The zero-order valence-electron chi connectivity index (χ0n) is 4.89. The van der Waals surface area contributed by atoms with E-state index in [0.717, 1.165) is 13.0 Å². The SMILES string of the molecule is S=C1NCCC(CCl)O1. The average Bonchev–Trinajstić information content (AvgIpc) is 1.88. The molecule has 0 aliphatic carbocycles. The minimum atomic E-state index is 0.125. The molecule has 0 aromatic carbocycles. The molecule has 1 unspecified atom stereocenters. The molecule has 9 heavy (non-hydrogen) atoms. The van der Waals surface area contributed by atoms with Crippen LogP contribution in [0.4, 0.5) is 0 Å². The summed E-state index contributed by atoms with van der Waals surface area (Å²) in [6, 6.07) is 0. The minimum Gasteiger partial charge on any atom is -0.466 e. The number of nitrogens with one attached hydrogen (secondary N) is 1. The van der Waals surface area contributed by atoms with Gasteiger partial charge in [-0.15, -0.1) is 11.6 Å². The number of thiocarbonyl (C=S) groups is 1. The van der Waals surface area contributed by atoms with Gasteiger partial charge in [-0.05, 0) is 12.2 Å². The van der Waals surface area contributed by atoms with Crippen LogP contribution in [0.2, 0.25) is 0 Å². The summed E-state index contributed by atoms with van der Waals surface area (Å²) in [6.45, 7) is 0.885. The highest BCUT2D eigenvalue weighted by molar-refractivity contribution is 7.80. The first-order valence-corrected chi connectivity index (χ1v) is 3.77. The van der Waals surface area contributed by atoms with Crippen LogP contribution in [0.5, 0.6) is 0 Å². The highest BCUT2D eigenvalue weighted by Crippen LogP contribution is 2.04. The summed E-state index contributed by atoms with van der Waals surface area (Å²) in [6.07, 6.45) is 1.07. The number of alkyl halides is 1. The lowest BCUT2D eigenvalue weighted by Crippen LogP contribution is -2.38. The van der Waals surface area contributed by atoms with Crippen molar-refractivity contribution in [2.45, 2.75) is 12.5 Å². The van der Waals surface area contributed by atoms with Crippen LogP contribution in [0.3, 0.4) is 0 Å². The highest BCUT2D eigenvalue weighted by atomic mass is 35.5. The van der Waals surface area contributed by atoms with E-state index in [4.69, 9.17) is 28.6 Å². The fourth-order valence-corrected chi connectivity index (χ4v) is 1.15. The molecule has 1 aliphatic heterocycles. The third kappa shape index (κ3) is 1.99. The molecule has 0 amide bonds. The molecule has 2 nitrogen and oxygen atoms in total. The van der Waals surface area contributed by atoms with E-state index in [0.29, 0.717) is 11.1 Å². The molecule has 0 aromatic rings. The summed E-state index contributed by atoms with van der Waals surface area (Å²) in [7, 11) is 0. The first-order valence-electron chi connectivity index (χ1n) is 2.83. The molecule has 4 heteroatoms. The molecule has 0 spiro atoms. The summed E-state index contributed by atoms with van der Waals surface area (Å²) in [5.74, 6) is 0.530. The van der Waals surface area contributed by atoms with Crippen LogP contribution < -0.4 is 5.32 Å².